The highest BCUT2D eigenvalue weighted by Gasteiger charge is 2.30. The lowest BCUT2D eigenvalue weighted by Crippen LogP contribution is -2.37. The summed E-state index contributed by atoms with van der Waals surface area (Å²) < 4.78 is 1.52. The van der Waals surface area contributed by atoms with Crippen molar-refractivity contribution in [2.24, 2.45) is 0 Å². The van der Waals surface area contributed by atoms with E-state index >= 15 is 0 Å². The number of aryl methyl sites for hydroxylation is 2. The van der Waals surface area contributed by atoms with E-state index < -0.39 is 6.04 Å². The van der Waals surface area contributed by atoms with Crippen LogP contribution < -0.4 is 21.9 Å². The number of fused-ring (bicyclic) bond motifs is 1. The largest absolute Gasteiger partial charge is 0.384 e. The van der Waals surface area contributed by atoms with Crippen LogP contribution >= 0.6 is 11.8 Å². The Morgan fingerprint density at radius 2 is 1.95 bits per heavy atom. The molecule has 0 bridgehead atoms. The SMILES string of the molecule is CCCC/C(=C\c1cnc(N)cc1C)CNC(=O)C1CCc2ncc(NC)c(=O)n21.N=C(C=O)SC(=N)c1ccccc1. The predicted molar refractivity (Wildman–Crippen MR) is 174 cm³/mol. The number of thioether (sulfide) groups is 1. The summed E-state index contributed by atoms with van der Waals surface area (Å²) in [6.45, 7) is 4.57. The van der Waals surface area contributed by atoms with E-state index in [-0.39, 0.29) is 21.6 Å². The summed E-state index contributed by atoms with van der Waals surface area (Å²) in [6.07, 6.45) is 9.97. The van der Waals surface area contributed by atoms with Gasteiger partial charge in [0.2, 0.25) is 5.91 Å². The van der Waals surface area contributed by atoms with Gasteiger partial charge in [0.1, 0.15) is 33.5 Å². The first-order valence-corrected chi connectivity index (χ1v) is 14.8. The van der Waals surface area contributed by atoms with Crippen LogP contribution in [0.4, 0.5) is 11.5 Å². The molecular weight excluding hydrogens is 564 g/mol. The van der Waals surface area contributed by atoms with E-state index in [0.717, 1.165) is 53.3 Å². The van der Waals surface area contributed by atoms with Crippen LogP contribution in [0.1, 0.15) is 61.2 Å². The average Bonchev–Trinajstić information content (AvgIpc) is 3.45. The molecule has 0 saturated carbocycles. The van der Waals surface area contributed by atoms with Crippen LogP contribution in [-0.2, 0) is 16.0 Å². The number of unbranched alkanes of at least 4 members (excludes halogenated alkanes) is 1. The van der Waals surface area contributed by atoms with Crippen LogP contribution in [0, 0.1) is 17.7 Å². The third-order valence-electron chi connectivity index (χ3n) is 6.82. The fourth-order valence-electron chi connectivity index (χ4n) is 4.50. The van der Waals surface area contributed by atoms with Crippen molar-refractivity contribution in [2.45, 2.75) is 52.0 Å². The Kier molecular flexibility index (Phi) is 12.4. The number of carbonyl (C=O) groups is 2. The minimum absolute atomic E-state index is 0.145. The molecule has 0 radical (unpaired) electrons. The van der Waals surface area contributed by atoms with Crippen LogP contribution in [0.2, 0.25) is 0 Å². The Morgan fingerprint density at radius 3 is 2.60 bits per heavy atom. The van der Waals surface area contributed by atoms with Crippen molar-refractivity contribution >= 4 is 51.6 Å². The summed E-state index contributed by atoms with van der Waals surface area (Å²) in [7, 11) is 1.67. The van der Waals surface area contributed by atoms with Gasteiger partial charge in [-0.15, -0.1) is 0 Å². The first-order valence-electron chi connectivity index (χ1n) is 14.0. The maximum Gasteiger partial charge on any atom is 0.277 e. The van der Waals surface area contributed by atoms with E-state index in [1.54, 1.807) is 25.4 Å². The Morgan fingerprint density at radius 1 is 1.21 bits per heavy atom. The molecule has 2 aromatic heterocycles. The molecule has 6 N–H and O–H groups in total. The molecular formula is C31H38N8O3S. The van der Waals surface area contributed by atoms with Crippen molar-refractivity contribution in [2.75, 3.05) is 24.6 Å². The van der Waals surface area contributed by atoms with Gasteiger partial charge in [0.15, 0.2) is 6.29 Å². The Balaban J connectivity index is 0.000000326. The van der Waals surface area contributed by atoms with Crippen LogP contribution in [0.15, 0.2) is 59.2 Å². The van der Waals surface area contributed by atoms with Gasteiger partial charge in [-0.2, -0.15) is 0 Å². The molecule has 1 unspecified atom stereocenters. The molecule has 4 rings (SSSR count). The van der Waals surface area contributed by atoms with Crippen molar-refractivity contribution < 1.29 is 9.59 Å². The van der Waals surface area contributed by atoms with Gasteiger partial charge in [0.25, 0.3) is 5.56 Å². The molecule has 0 spiro atoms. The number of aromatic nitrogens is 3. The molecule has 0 aliphatic carbocycles. The normalized spacial score (nSPS) is 13.7. The molecule has 11 nitrogen and oxygen atoms in total. The number of pyridine rings is 1. The van der Waals surface area contributed by atoms with Crippen LogP contribution in [0.25, 0.3) is 6.08 Å². The number of nitrogens with zero attached hydrogens (tertiary/aromatic N) is 3. The molecule has 12 heteroatoms. The quantitative estimate of drug-likeness (QED) is 0.129. The predicted octanol–water partition coefficient (Wildman–Crippen LogP) is 4.37. The molecule has 0 saturated heterocycles. The number of nitrogen functional groups attached to an aromatic ring is 1. The van der Waals surface area contributed by atoms with Crippen LogP contribution in [-0.4, -0.2) is 50.4 Å². The third kappa shape index (κ3) is 9.20. The number of carbonyl (C=O) groups excluding carboxylic acids is 2. The first-order chi connectivity index (χ1) is 20.7. The molecule has 3 heterocycles. The summed E-state index contributed by atoms with van der Waals surface area (Å²) >= 11 is 0.851. The van der Waals surface area contributed by atoms with Gasteiger partial charge in [-0.05, 0) is 55.1 Å². The highest BCUT2D eigenvalue weighted by Crippen LogP contribution is 2.23. The van der Waals surface area contributed by atoms with Gasteiger partial charge in [-0.25, -0.2) is 9.97 Å². The summed E-state index contributed by atoms with van der Waals surface area (Å²) in [5.41, 5.74) is 9.83. The second-order valence-electron chi connectivity index (χ2n) is 9.94. The van der Waals surface area contributed by atoms with Gasteiger partial charge < -0.3 is 16.4 Å². The van der Waals surface area contributed by atoms with Crippen LogP contribution in [0.5, 0.6) is 0 Å². The molecule has 1 aliphatic rings. The fourth-order valence-corrected chi connectivity index (χ4v) is 5.02. The van der Waals surface area contributed by atoms with Gasteiger partial charge in [-0.3, -0.25) is 29.8 Å². The molecule has 3 aromatic rings. The average molecular weight is 603 g/mol. The van der Waals surface area contributed by atoms with E-state index in [4.69, 9.17) is 16.6 Å². The van der Waals surface area contributed by atoms with Gasteiger partial charge in [0, 0.05) is 31.8 Å². The van der Waals surface area contributed by atoms with Crippen molar-refractivity contribution in [1.29, 1.82) is 10.8 Å². The zero-order valence-corrected chi connectivity index (χ0v) is 25.5. The van der Waals surface area contributed by atoms with Crippen molar-refractivity contribution in [1.82, 2.24) is 19.9 Å². The van der Waals surface area contributed by atoms with Gasteiger partial charge in [0.05, 0.1) is 6.20 Å². The van der Waals surface area contributed by atoms with Crippen LogP contribution in [0.3, 0.4) is 0 Å². The second kappa shape index (κ2) is 16.2. The number of aldehydes is 1. The molecule has 1 amide bonds. The number of benzene rings is 1. The van der Waals surface area contributed by atoms with Crippen molar-refractivity contribution in [3.63, 3.8) is 0 Å². The molecule has 1 atom stereocenters. The standard InChI is InChI=1S/C22H30N6O2.C9H8N2OS/c1-4-5-6-15(10-16-12-25-19(23)9-14(16)2)11-27-21(29)18-7-8-20-26-13-17(24-3)22(30)28(18)20;10-8(6-12)13-9(11)7-4-2-1-3-5-7/h9-10,12-13,18,24H,4-8,11H2,1-3H3,(H2,23,25)(H,27,29);1-6,10-11H/b15-10+;. The number of amides is 1. The van der Waals surface area contributed by atoms with E-state index in [9.17, 15) is 14.4 Å². The first kappa shape index (κ1) is 32.9. The molecule has 1 aromatic carbocycles. The number of nitrogens with two attached hydrogens (primary N) is 1. The minimum Gasteiger partial charge on any atom is -0.384 e. The van der Waals surface area contributed by atoms with Crippen molar-refractivity contribution in [3.8, 4) is 0 Å². The van der Waals surface area contributed by atoms with Gasteiger partial charge in [-0.1, -0.05) is 55.3 Å². The zero-order chi connectivity index (χ0) is 31.4. The molecule has 0 fully saturated rings. The van der Waals surface area contributed by atoms with E-state index in [0.29, 0.717) is 43.0 Å². The summed E-state index contributed by atoms with van der Waals surface area (Å²) in [5.74, 6) is 0.998. The van der Waals surface area contributed by atoms with E-state index in [2.05, 4.69) is 33.6 Å². The lowest BCUT2D eigenvalue weighted by atomic mass is 10.0. The summed E-state index contributed by atoms with van der Waals surface area (Å²) in [5, 5.41) is 20.5. The lowest BCUT2D eigenvalue weighted by Gasteiger charge is -2.16. The smallest absolute Gasteiger partial charge is 0.277 e. The Labute approximate surface area is 255 Å². The van der Waals surface area contributed by atoms with E-state index in [1.165, 1.54) is 10.8 Å². The van der Waals surface area contributed by atoms with Gasteiger partial charge >= 0.3 is 0 Å². The summed E-state index contributed by atoms with van der Waals surface area (Å²) in [4.78, 5) is 44.2. The highest BCUT2D eigenvalue weighted by atomic mass is 32.2. The second-order valence-corrected chi connectivity index (χ2v) is 11.0. The number of rotatable bonds is 10. The Bertz CT molecular complexity index is 1550. The maximum atomic E-state index is 12.9. The molecule has 226 valence electrons. The number of hydrogen-bond donors (Lipinski definition) is 5. The van der Waals surface area contributed by atoms with E-state index in [1.807, 2.05) is 31.2 Å². The maximum absolute atomic E-state index is 12.9. The highest BCUT2D eigenvalue weighted by molar-refractivity contribution is 8.28. The summed E-state index contributed by atoms with van der Waals surface area (Å²) in [6, 6.07) is 10.3. The third-order valence-corrected chi connectivity index (χ3v) is 7.58. The molecule has 43 heavy (non-hydrogen) atoms. The Hall–Kier alpha value is -4.58. The number of anilines is 2. The fraction of sp³-hybridized carbons (Fsp3) is 0.323. The topological polar surface area (TPSA) is 180 Å². The van der Waals surface area contributed by atoms with Crippen molar-refractivity contribution in [3.05, 3.63) is 87.2 Å². The zero-order valence-electron chi connectivity index (χ0n) is 24.6. The number of nitrogens with one attached hydrogen (secondary N) is 4. The molecule has 1 aliphatic heterocycles. The lowest BCUT2D eigenvalue weighted by molar-refractivity contribution is -0.124. The minimum atomic E-state index is -0.527. The number of hydrogen-bond acceptors (Lipinski definition) is 10. The monoisotopic (exact) mass is 602 g/mol.